The van der Waals surface area contributed by atoms with Gasteiger partial charge in [-0.15, -0.1) is 0 Å². The molecule has 2 atom stereocenters. The van der Waals surface area contributed by atoms with Crippen molar-refractivity contribution in [1.29, 1.82) is 0 Å². The summed E-state index contributed by atoms with van der Waals surface area (Å²) in [6, 6.07) is 5.14. The minimum absolute atomic E-state index is 0.267. The van der Waals surface area contributed by atoms with Gasteiger partial charge in [-0.05, 0) is 43.0 Å². The van der Waals surface area contributed by atoms with Crippen LogP contribution in [0.3, 0.4) is 0 Å². The molecule has 0 heterocycles. The fourth-order valence-corrected chi connectivity index (χ4v) is 2.99. The van der Waals surface area contributed by atoms with Gasteiger partial charge in [-0.1, -0.05) is 57.7 Å². The molecule has 1 nitrogen and oxygen atoms in total. The van der Waals surface area contributed by atoms with Gasteiger partial charge in [0.05, 0.1) is 0 Å². The molecule has 0 saturated heterocycles. The second kappa shape index (κ2) is 9.36. The summed E-state index contributed by atoms with van der Waals surface area (Å²) in [5.41, 5.74) is 1.04. The fourth-order valence-electron chi connectivity index (χ4n) is 2.75. The van der Waals surface area contributed by atoms with Crippen molar-refractivity contribution in [2.75, 3.05) is 6.54 Å². The summed E-state index contributed by atoms with van der Waals surface area (Å²) in [6.07, 6.45) is 5.76. The number of unbranched alkanes of at least 4 members (excludes halogenated alkanes) is 1. The normalized spacial score (nSPS) is 14.2. The lowest BCUT2D eigenvalue weighted by Crippen LogP contribution is -2.38. The van der Waals surface area contributed by atoms with Crippen LogP contribution >= 0.6 is 11.6 Å². The number of nitrogens with one attached hydrogen (secondary N) is 1. The lowest BCUT2D eigenvalue weighted by Gasteiger charge is -2.27. The Labute approximate surface area is 127 Å². The Kier molecular flexibility index (Phi) is 8.16. The fraction of sp³-hybridized carbons (Fsp3) is 0.647. The maximum absolute atomic E-state index is 13.1. The summed E-state index contributed by atoms with van der Waals surface area (Å²) in [6.45, 7) is 7.56. The van der Waals surface area contributed by atoms with Crippen molar-refractivity contribution >= 4 is 11.6 Å². The van der Waals surface area contributed by atoms with Gasteiger partial charge < -0.3 is 5.32 Å². The summed E-state index contributed by atoms with van der Waals surface area (Å²) in [5, 5.41) is 4.12. The van der Waals surface area contributed by atoms with E-state index in [0.29, 0.717) is 17.0 Å². The summed E-state index contributed by atoms with van der Waals surface area (Å²) < 4.78 is 13.1. The summed E-state index contributed by atoms with van der Waals surface area (Å²) in [5.74, 6) is 0.382. The van der Waals surface area contributed by atoms with Crippen LogP contribution in [0.4, 0.5) is 4.39 Å². The minimum Gasteiger partial charge on any atom is -0.314 e. The predicted octanol–water partition coefficient (Wildman–Crippen LogP) is 5.22. The number of halogens is 2. The maximum atomic E-state index is 13.1. The molecule has 0 spiro atoms. The highest BCUT2D eigenvalue weighted by molar-refractivity contribution is 6.31. The summed E-state index contributed by atoms with van der Waals surface area (Å²) in [7, 11) is 0. The van der Waals surface area contributed by atoms with Crippen LogP contribution in [0, 0.1) is 11.7 Å². The summed E-state index contributed by atoms with van der Waals surface area (Å²) in [4.78, 5) is 0. The van der Waals surface area contributed by atoms with Crippen LogP contribution in [0.15, 0.2) is 18.2 Å². The number of hydrogen-bond acceptors (Lipinski definition) is 1. The van der Waals surface area contributed by atoms with Gasteiger partial charge in [0.2, 0.25) is 0 Å². The molecule has 0 saturated carbocycles. The van der Waals surface area contributed by atoms with Crippen LogP contribution in [0.5, 0.6) is 0 Å². The van der Waals surface area contributed by atoms with Crippen LogP contribution in [-0.2, 0) is 6.42 Å². The third-order valence-corrected chi connectivity index (χ3v) is 4.29. The van der Waals surface area contributed by atoms with Crippen LogP contribution in [0.2, 0.25) is 5.02 Å². The van der Waals surface area contributed by atoms with Gasteiger partial charge >= 0.3 is 0 Å². The van der Waals surface area contributed by atoms with Gasteiger partial charge in [-0.3, -0.25) is 0 Å². The van der Waals surface area contributed by atoms with Crippen LogP contribution in [0.25, 0.3) is 0 Å². The largest absolute Gasteiger partial charge is 0.314 e. The molecule has 0 aliphatic rings. The third kappa shape index (κ3) is 5.41. The van der Waals surface area contributed by atoms with Crippen molar-refractivity contribution in [2.45, 2.75) is 58.9 Å². The molecular formula is C17H27ClFN. The van der Waals surface area contributed by atoms with E-state index in [-0.39, 0.29) is 5.82 Å². The first kappa shape index (κ1) is 17.5. The van der Waals surface area contributed by atoms with E-state index in [1.165, 1.54) is 31.4 Å². The number of likely N-dealkylation sites (N-methyl/N-ethyl adjacent to an activating group) is 1. The molecular weight excluding hydrogens is 273 g/mol. The lowest BCUT2D eigenvalue weighted by molar-refractivity contribution is 0.319. The Hall–Kier alpha value is -0.600. The Balaban J connectivity index is 2.78. The first-order valence-corrected chi connectivity index (χ1v) is 8.17. The second-order valence-corrected chi connectivity index (χ2v) is 5.82. The molecule has 0 aliphatic heterocycles. The third-order valence-electron chi connectivity index (χ3n) is 3.94. The smallest absolute Gasteiger partial charge is 0.124 e. The lowest BCUT2D eigenvalue weighted by atomic mass is 9.87. The SMILES string of the molecule is CCCCC(CC)C(Cc1ccc(F)cc1Cl)NCC. The molecule has 1 aromatic carbocycles. The van der Waals surface area contributed by atoms with Crippen molar-refractivity contribution in [1.82, 2.24) is 5.32 Å². The average Bonchev–Trinajstić information content (AvgIpc) is 2.42. The second-order valence-electron chi connectivity index (χ2n) is 5.41. The molecule has 2 unspecified atom stereocenters. The van der Waals surface area contributed by atoms with Gasteiger partial charge in [-0.25, -0.2) is 4.39 Å². The molecule has 114 valence electrons. The van der Waals surface area contributed by atoms with Gasteiger partial charge in [-0.2, -0.15) is 0 Å². The Bertz CT molecular complexity index is 395. The molecule has 20 heavy (non-hydrogen) atoms. The zero-order valence-corrected chi connectivity index (χ0v) is 13.6. The van der Waals surface area contributed by atoms with Gasteiger partial charge in [0.25, 0.3) is 0 Å². The highest BCUT2D eigenvalue weighted by Gasteiger charge is 2.20. The molecule has 0 bridgehead atoms. The van der Waals surface area contributed by atoms with E-state index in [9.17, 15) is 4.39 Å². The van der Waals surface area contributed by atoms with E-state index in [1.54, 1.807) is 0 Å². The van der Waals surface area contributed by atoms with E-state index in [4.69, 9.17) is 11.6 Å². The topological polar surface area (TPSA) is 12.0 Å². The van der Waals surface area contributed by atoms with E-state index in [2.05, 4.69) is 26.1 Å². The number of rotatable bonds is 9. The first-order chi connectivity index (χ1) is 9.62. The zero-order chi connectivity index (χ0) is 15.0. The molecule has 1 aromatic rings. The molecule has 1 rings (SSSR count). The van der Waals surface area contributed by atoms with Gasteiger partial charge in [0.15, 0.2) is 0 Å². The highest BCUT2D eigenvalue weighted by atomic mass is 35.5. The van der Waals surface area contributed by atoms with Crippen LogP contribution in [0.1, 0.15) is 52.0 Å². The Morgan fingerprint density at radius 2 is 2.00 bits per heavy atom. The minimum atomic E-state index is -0.267. The molecule has 0 aromatic heterocycles. The standard InChI is InChI=1S/C17H27ClFN/c1-4-7-8-13(5-2)17(20-6-3)11-14-9-10-15(19)12-16(14)18/h9-10,12-13,17,20H,4-8,11H2,1-3H3. The van der Waals surface area contributed by atoms with E-state index in [1.807, 2.05) is 6.07 Å². The van der Waals surface area contributed by atoms with Crippen LogP contribution in [-0.4, -0.2) is 12.6 Å². The summed E-state index contributed by atoms with van der Waals surface area (Å²) >= 11 is 6.16. The van der Waals surface area contributed by atoms with Crippen molar-refractivity contribution in [2.24, 2.45) is 5.92 Å². The van der Waals surface area contributed by atoms with Crippen molar-refractivity contribution in [3.8, 4) is 0 Å². The van der Waals surface area contributed by atoms with E-state index in [0.717, 1.165) is 24.9 Å². The van der Waals surface area contributed by atoms with Crippen molar-refractivity contribution < 1.29 is 4.39 Å². The monoisotopic (exact) mass is 299 g/mol. The van der Waals surface area contributed by atoms with Crippen molar-refractivity contribution in [3.63, 3.8) is 0 Å². The zero-order valence-electron chi connectivity index (χ0n) is 12.9. The van der Waals surface area contributed by atoms with Crippen molar-refractivity contribution in [3.05, 3.63) is 34.6 Å². The van der Waals surface area contributed by atoms with E-state index < -0.39 is 0 Å². The molecule has 0 amide bonds. The van der Waals surface area contributed by atoms with Gasteiger partial charge in [0, 0.05) is 11.1 Å². The number of benzene rings is 1. The molecule has 1 N–H and O–H groups in total. The highest BCUT2D eigenvalue weighted by Crippen LogP contribution is 2.24. The average molecular weight is 300 g/mol. The molecule has 3 heteroatoms. The van der Waals surface area contributed by atoms with Crippen LogP contribution < -0.4 is 5.32 Å². The Morgan fingerprint density at radius 3 is 2.55 bits per heavy atom. The molecule has 0 fully saturated rings. The first-order valence-electron chi connectivity index (χ1n) is 7.79. The van der Waals surface area contributed by atoms with Gasteiger partial charge in [0.1, 0.15) is 5.82 Å². The molecule has 0 aliphatic carbocycles. The predicted molar refractivity (Wildman–Crippen MR) is 85.9 cm³/mol. The quantitative estimate of drug-likeness (QED) is 0.659. The Morgan fingerprint density at radius 1 is 1.25 bits per heavy atom. The van der Waals surface area contributed by atoms with E-state index >= 15 is 0 Å². The number of hydrogen-bond donors (Lipinski definition) is 1. The maximum Gasteiger partial charge on any atom is 0.124 e. The molecule has 0 radical (unpaired) electrons.